The Hall–Kier alpha value is -2.01. The lowest BCUT2D eigenvalue weighted by Crippen LogP contribution is -2.31. The molecule has 0 fully saturated rings. The highest BCUT2D eigenvalue weighted by Gasteiger charge is 2.18. The Bertz CT molecular complexity index is 600. The van der Waals surface area contributed by atoms with Crippen LogP contribution in [0.25, 0.3) is 0 Å². The van der Waals surface area contributed by atoms with Gasteiger partial charge in [-0.1, -0.05) is 18.2 Å². The van der Waals surface area contributed by atoms with Crippen molar-refractivity contribution in [2.45, 2.75) is 19.5 Å². The van der Waals surface area contributed by atoms with Crippen LogP contribution in [0.2, 0.25) is 0 Å². The molecule has 19 heavy (non-hydrogen) atoms. The van der Waals surface area contributed by atoms with Crippen LogP contribution in [0.1, 0.15) is 16.8 Å². The first-order chi connectivity index (χ1) is 9.22. The summed E-state index contributed by atoms with van der Waals surface area (Å²) in [5, 5.41) is 0. The molecule has 1 aliphatic rings. The molecule has 0 aliphatic carbocycles. The molecule has 3 rings (SSSR count). The van der Waals surface area contributed by atoms with Crippen molar-refractivity contribution in [3.8, 4) is 0 Å². The van der Waals surface area contributed by atoms with Crippen molar-refractivity contribution in [2.75, 3.05) is 12.3 Å². The van der Waals surface area contributed by atoms with Crippen LogP contribution in [0.15, 0.2) is 30.5 Å². The topological polar surface area (TPSA) is 55.0 Å². The second-order valence-electron chi connectivity index (χ2n) is 4.75. The molecule has 2 heterocycles. The van der Waals surface area contributed by atoms with Gasteiger partial charge in [-0.05, 0) is 6.07 Å². The second-order valence-corrected chi connectivity index (χ2v) is 4.75. The Morgan fingerprint density at radius 3 is 3.00 bits per heavy atom. The van der Waals surface area contributed by atoms with Crippen molar-refractivity contribution in [2.24, 2.45) is 0 Å². The summed E-state index contributed by atoms with van der Waals surface area (Å²) in [4.78, 5) is 10.5. The van der Waals surface area contributed by atoms with Crippen molar-refractivity contribution in [1.82, 2.24) is 14.9 Å². The summed E-state index contributed by atoms with van der Waals surface area (Å²) in [6.07, 6.45) is 2.60. The van der Waals surface area contributed by atoms with Crippen molar-refractivity contribution in [3.63, 3.8) is 0 Å². The molecule has 0 unspecified atom stereocenters. The normalized spacial score (nSPS) is 15.2. The fourth-order valence-electron chi connectivity index (χ4n) is 2.39. The van der Waals surface area contributed by atoms with Gasteiger partial charge >= 0.3 is 0 Å². The third-order valence-electron chi connectivity index (χ3n) is 3.38. The fraction of sp³-hybridized carbons (Fsp3) is 0.286. The van der Waals surface area contributed by atoms with Crippen molar-refractivity contribution in [3.05, 3.63) is 53.1 Å². The first kappa shape index (κ1) is 12.0. The Morgan fingerprint density at radius 2 is 2.16 bits per heavy atom. The molecule has 0 atom stereocenters. The van der Waals surface area contributed by atoms with Gasteiger partial charge in [-0.15, -0.1) is 0 Å². The van der Waals surface area contributed by atoms with Crippen LogP contribution in [0, 0.1) is 5.82 Å². The lowest BCUT2D eigenvalue weighted by molar-refractivity contribution is 0.239. The number of hydrogen-bond acceptors (Lipinski definition) is 4. The molecule has 5 heteroatoms. The van der Waals surface area contributed by atoms with Crippen molar-refractivity contribution in [1.29, 1.82) is 0 Å². The van der Waals surface area contributed by atoms with Gasteiger partial charge in [0.15, 0.2) is 0 Å². The number of hydrogen-bond donors (Lipinski definition) is 1. The lowest BCUT2D eigenvalue weighted by atomic mass is 10.1. The standard InChI is InChI=1S/C14H15FN4/c15-12-4-2-1-3-10(12)8-19-6-5-13-11(9-19)7-17-14(16)18-13/h1-4,7H,5-6,8-9H2,(H2,16,17,18). The molecule has 1 aromatic heterocycles. The number of nitrogen functional groups attached to an aromatic ring is 1. The van der Waals surface area contributed by atoms with Gasteiger partial charge in [0.05, 0.1) is 5.69 Å². The molecule has 1 aromatic carbocycles. The molecule has 0 amide bonds. The van der Waals surface area contributed by atoms with E-state index in [1.807, 2.05) is 12.1 Å². The molecule has 2 aromatic rings. The van der Waals surface area contributed by atoms with Gasteiger partial charge in [0, 0.05) is 43.4 Å². The number of benzene rings is 1. The first-order valence-corrected chi connectivity index (χ1v) is 6.28. The summed E-state index contributed by atoms with van der Waals surface area (Å²) in [7, 11) is 0. The number of nitrogens with two attached hydrogens (primary N) is 1. The van der Waals surface area contributed by atoms with Crippen LogP contribution < -0.4 is 5.73 Å². The van der Waals surface area contributed by atoms with E-state index >= 15 is 0 Å². The molecular weight excluding hydrogens is 243 g/mol. The SMILES string of the molecule is Nc1ncc2c(n1)CCN(Cc1ccccc1F)C2. The summed E-state index contributed by atoms with van der Waals surface area (Å²) in [5.74, 6) is 0.170. The summed E-state index contributed by atoms with van der Waals surface area (Å²) >= 11 is 0. The maximum Gasteiger partial charge on any atom is 0.220 e. The van der Waals surface area contributed by atoms with Crippen LogP contribution in [-0.2, 0) is 19.5 Å². The maximum atomic E-state index is 13.6. The van der Waals surface area contributed by atoms with Gasteiger partial charge in [-0.2, -0.15) is 0 Å². The predicted molar refractivity (Wildman–Crippen MR) is 70.7 cm³/mol. The molecule has 2 N–H and O–H groups in total. The smallest absolute Gasteiger partial charge is 0.220 e. The maximum absolute atomic E-state index is 13.6. The van der Waals surface area contributed by atoms with E-state index in [9.17, 15) is 4.39 Å². The minimum absolute atomic E-state index is 0.151. The summed E-state index contributed by atoms with van der Waals surface area (Å²) in [5.41, 5.74) is 8.39. The van der Waals surface area contributed by atoms with Crippen molar-refractivity contribution >= 4 is 5.95 Å². The van der Waals surface area contributed by atoms with Gasteiger partial charge < -0.3 is 5.73 Å². The minimum Gasteiger partial charge on any atom is -0.368 e. The molecule has 0 saturated carbocycles. The molecule has 1 aliphatic heterocycles. The van der Waals surface area contributed by atoms with Gasteiger partial charge in [0.2, 0.25) is 5.95 Å². The monoisotopic (exact) mass is 258 g/mol. The fourth-order valence-corrected chi connectivity index (χ4v) is 2.39. The highest BCUT2D eigenvalue weighted by molar-refractivity contribution is 5.27. The predicted octanol–water partition coefficient (Wildman–Crippen LogP) is 1.76. The van der Waals surface area contributed by atoms with E-state index in [4.69, 9.17) is 5.73 Å². The van der Waals surface area contributed by atoms with E-state index in [2.05, 4.69) is 14.9 Å². The molecular formula is C14H15FN4. The zero-order valence-corrected chi connectivity index (χ0v) is 10.5. The zero-order valence-electron chi connectivity index (χ0n) is 10.5. The highest BCUT2D eigenvalue weighted by atomic mass is 19.1. The summed E-state index contributed by atoms with van der Waals surface area (Å²) in [6.45, 7) is 2.21. The number of anilines is 1. The summed E-state index contributed by atoms with van der Waals surface area (Å²) < 4.78 is 13.6. The third kappa shape index (κ3) is 2.56. The summed E-state index contributed by atoms with van der Waals surface area (Å²) in [6, 6.07) is 6.89. The number of rotatable bonds is 2. The first-order valence-electron chi connectivity index (χ1n) is 6.28. The molecule has 0 radical (unpaired) electrons. The molecule has 0 saturated heterocycles. The third-order valence-corrected chi connectivity index (χ3v) is 3.38. The van der Waals surface area contributed by atoms with Gasteiger partial charge in [0.1, 0.15) is 5.82 Å². The van der Waals surface area contributed by atoms with E-state index in [1.165, 1.54) is 6.07 Å². The van der Waals surface area contributed by atoms with E-state index < -0.39 is 0 Å². The average molecular weight is 258 g/mol. The molecule has 0 spiro atoms. The van der Waals surface area contributed by atoms with Gasteiger partial charge in [-0.3, -0.25) is 4.90 Å². The van der Waals surface area contributed by atoms with E-state index in [-0.39, 0.29) is 5.82 Å². The zero-order chi connectivity index (χ0) is 13.2. The van der Waals surface area contributed by atoms with E-state index in [0.29, 0.717) is 12.5 Å². The van der Waals surface area contributed by atoms with Gasteiger partial charge in [-0.25, -0.2) is 14.4 Å². The number of aromatic nitrogens is 2. The quantitative estimate of drug-likeness (QED) is 0.891. The van der Waals surface area contributed by atoms with Crippen LogP contribution in [0.5, 0.6) is 0 Å². The van der Waals surface area contributed by atoms with Crippen LogP contribution in [0.4, 0.5) is 10.3 Å². The second kappa shape index (κ2) is 4.93. The minimum atomic E-state index is -0.151. The molecule has 4 nitrogen and oxygen atoms in total. The number of halogens is 1. The van der Waals surface area contributed by atoms with Gasteiger partial charge in [0.25, 0.3) is 0 Å². The van der Waals surface area contributed by atoms with Crippen LogP contribution >= 0.6 is 0 Å². The Kier molecular flexibility index (Phi) is 3.13. The molecule has 98 valence electrons. The van der Waals surface area contributed by atoms with Crippen LogP contribution in [0.3, 0.4) is 0 Å². The van der Waals surface area contributed by atoms with E-state index in [0.717, 1.165) is 36.3 Å². The number of fused-ring (bicyclic) bond motifs is 1. The Balaban J connectivity index is 1.76. The average Bonchev–Trinajstić information content (AvgIpc) is 2.41. The molecule has 0 bridgehead atoms. The van der Waals surface area contributed by atoms with E-state index in [1.54, 1.807) is 12.3 Å². The Labute approximate surface area is 111 Å². The van der Waals surface area contributed by atoms with Crippen molar-refractivity contribution < 1.29 is 4.39 Å². The number of nitrogens with zero attached hydrogens (tertiary/aromatic N) is 3. The Morgan fingerprint density at radius 1 is 1.32 bits per heavy atom. The largest absolute Gasteiger partial charge is 0.368 e. The lowest BCUT2D eigenvalue weighted by Gasteiger charge is -2.27. The highest BCUT2D eigenvalue weighted by Crippen LogP contribution is 2.19. The van der Waals surface area contributed by atoms with Crippen LogP contribution in [-0.4, -0.2) is 21.4 Å².